The Kier molecular flexibility index (Phi) is 5.41. The maximum absolute atomic E-state index is 12.3. The van der Waals surface area contributed by atoms with Crippen molar-refractivity contribution in [2.75, 3.05) is 18.5 Å². The van der Waals surface area contributed by atoms with E-state index in [1.165, 1.54) is 11.3 Å². The molecule has 7 nitrogen and oxygen atoms in total. The minimum Gasteiger partial charge on any atom is -0.462 e. The SMILES string of the molecule is CCOC(=O)c1c(C2CC2)csc1NC(=O)COC(=O)c1cccn1C. The van der Waals surface area contributed by atoms with Crippen LogP contribution in [0.2, 0.25) is 0 Å². The first-order valence-corrected chi connectivity index (χ1v) is 9.26. The van der Waals surface area contributed by atoms with E-state index in [9.17, 15) is 14.4 Å². The van der Waals surface area contributed by atoms with Gasteiger partial charge in [0.1, 0.15) is 10.7 Å². The van der Waals surface area contributed by atoms with E-state index in [0.717, 1.165) is 18.4 Å². The number of aromatic nitrogens is 1. The smallest absolute Gasteiger partial charge is 0.355 e. The summed E-state index contributed by atoms with van der Waals surface area (Å²) in [5, 5.41) is 4.98. The molecule has 0 saturated heterocycles. The van der Waals surface area contributed by atoms with Gasteiger partial charge in [-0.2, -0.15) is 0 Å². The first-order chi connectivity index (χ1) is 12.5. The number of esters is 2. The largest absolute Gasteiger partial charge is 0.462 e. The Balaban J connectivity index is 1.64. The summed E-state index contributed by atoms with van der Waals surface area (Å²) in [4.78, 5) is 36.4. The average molecular weight is 376 g/mol. The van der Waals surface area contributed by atoms with Crippen LogP contribution in [-0.2, 0) is 21.3 Å². The Morgan fingerprint density at radius 3 is 2.65 bits per heavy atom. The van der Waals surface area contributed by atoms with Crippen LogP contribution in [0.25, 0.3) is 0 Å². The number of carbonyl (C=O) groups excluding carboxylic acids is 3. The standard InChI is InChI=1S/C18H20N2O5S/c1-3-24-18(23)15-12(11-6-7-11)10-26-16(15)19-14(21)9-25-17(22)13-5-4-8-20(13)2/h4-5,8,10-11H,3,6-7,9H2,1-2H3,(H,19,21). The lowest BCUT2D eigenvalue weighted by atomic mass is 10.1. The maximum Gasteiger partial charge on any atom is 0.355 e. The molecule has 1 aliphatic carbocycles. The number of anilines is 1. The molecule has 2 heterocycles. The predicted octanol–water partition coefficient (Wildman–Crippen LogP) is 2.94. The molecule has 0 spiro atoms. The van der Waals surface area contributed by atoms with Crippen molar-refractivity contribution in [1.29, 1.82) is 0 Å². The van der Waals surface area contributed by atoms with E-state index in [1.54, 1.807) is 36.9 Å². The van der Waals surface area contributed by atoms with Crippen LogP contribution >= 0.6 is 11.3 Å². The van der Waals surface area contributed by atoms with Crippen LogP contribution in [0.4, 0.5) is 5.00 Å². The van der Waals surface area contributed by atoms with E-state index in [-0.39, 0.29) is 6.61 Å². The third kappa shape index (κ3) is 3.96. The van der Waals surface area contributed by atoms with Crippen molar-refractivity contribution in [1.82, 2.24) is 4.57 Å². The molecule has 1 fully saturated rings. The third-order valence-corrected chi connectivity index (χ3v) is 4.97. The summed E-state index contributed by atoms with van der Waals surface area (Å²) in [5.74, 6) is -1.16. The highest BCUT2D eigenvalue weighted by atomic mass is 32.1. The van der Waals surface area contributed by atoms with Gasteiger partial charge >= 0.3 is 11.9 Å². The molecule has 1 saturated carbocycles. The van der Waals surface area contributed by atoms with Gasteiger partial charge in [-0.3, -0.25) is 4.79 Å². The lowest BCUT2D eigenvalue weighted by Crippen LogP contribution is -2.22. The molecule has 8 heteroatoms. The molecule has 1 N–H and O–H groups in total. The van der Waals surface area contributed by atoms with Gasteiger partial charge in [0, 0.05) is 13.2 Å². The molecule has 1 amide bonds. The molecule has 0 aliphatic heterocycles. The number of rotatable bonds is 7. The van der Waals surface area contributed by atoms with Crippen LogP contribution in [0.3, 0.4) is 0 Å². The minimum absolute atomic E-state index is 0.264. The number of thiophene rings is 1. The molecule has 3 rings (SSSR count). The van der Waals surface area contributed by atoms with E-state index in [0.29, 0.717) is 22.2 Å². The van der Waals surface area contributed by atoms with E-state index in [2.05, 4.69) is 5.32 Å². The topological polar surface area (TPSA) is 86.6 Å². The van der Waals surface area contributed by atoms with Gasteiger partial charge < -0.3 is 19.4 Å². The van der Waals surface area contributed by atoms with Crippen molar-refractivity contribution in [2.45, 2.75) is 25.7 Å². The van der Waals surface area contributed by atoms with Crippen LogP contribution < -0.4 is 5.32 Å². The second kappa shape index (κ2) is 7.74. The number of hydrogen-bond donors (Lipinski definition) is 1. The van der Waals surface area contributed by atoms with Crippen molar-refractivity contribution in [3.63, 3.8) is 0 Å². The first kappa shape index (κ1) is 18.2. The fraction of sp³-hybridized carbons (Fsp3) is 0.389. The average Bonchev–Trinajstić information content (AvgIpc) is 3.23. The minimum atomic E-state index is -0.580. The van der Waals surface area contributed by atoms with Gasteiger partial charge in [0.05, 0.1) is 12.2 Å². The van der Waals surface area contributed by atoms with Crippen molar-refractivity contribution >= 4 is 34.2 Å². The molecule has 2 aromatic rings. The number of amides is 1. The van der Waals surface area contributed by atoms with Crippen molar-refractivity contribution < 1.29 is 23.9 Å². The lowest BCUT2D eigenvalue weighted by molar-refractivity contribution is -0.119. The highest BCUT2D eigenvalue weighted by molar-refractivity contribution is 7.15. The molecule has 0 radical (unpaired) electrons. The van der Waals surface area contributed by atoms with Crippen LogP contribution in [0.1, 0.15) is 52.1 Å². The summed E-state index contributed by atoms with van der Waals surface area (Å²) in [6.45, 7) is 1.58. The molecular weight excluding hydrogens is 356 g/mol. The van der Waals surface area contributed by atoms with Gasteiger partial charge in [-0.05, 0) is 48.8 Å². The van der Waals surface area contributed by atoms with Crippen LogP contribution in [0.5, 0.6) is 0 Å². The summed E-state index contributed by atoms with van der Waals surface area (Å²) in [6, 6.07) is 3.33. The summed E-state index contributed by atoms with van der Waals surface area (Å²) in [7, 11) is 1.72. The Labute approximate surface area is 154 Å². The Morgan fingerprint density at radius 1 is 1.27 bits per heavy atom. The number of aryl methyl sites for hydroxylation is 1. The first-order valence-electron chi connectivity index (χ1n) is 8.38. The number of nitrogens with one attached hydrogen (secondary N) is 1. The predicted molar refractivity (Wildman–Crippen MR) is 96.6 cm³/mol. The Bertz CT molecular complexity index is 835. The second-order valence-corrected chi connectivity index (χ2v) is 6.90. The number of nitrogens with zero attached hydrogens (tertiary/aromatic N) is 1. The molecule has 0 aromatic carbocycles. The van der Waals surface area contributed by atoms with Crippen LogP contribution in [0.15, 0.2) is 23.7 Å². The van der Waals surface area contributed by atoms with E-state index in [1.807, 2.05) is 5.38 Å². The molecular formula is C18H20N2O5S. The summed E-state index contributed by atoms with van der Waals surface area (Å²) >= 11 is 1.28. The van der Waals surface area contributed by atoms with E-state index in [4.69, 9.17) is 9.47 Å². The third-order valence-electron chi connectivity index (χ3n) is 4.06. The maximum atomic E-state index is 12.3. The van der Waals surface area contributed by atoms with Crippen molar-refractivity contribution in [2.24, 2.45) is 7.05 Å². The van der Waals surface area contributed by atoms with Gasteiger partial charge in [0.25, 0.3) is 5.91 Å². The number of hydrogen-bond acceptors (Lipinski definition) is 6. The zero-order valence-corrected chi connectivity index (χ0v) is 15.4. The molecule has 0 unspecified atom stereocenters. The highest BCUT2D eigenvalue weighted by Gasteiger charge is 2.32. The second-order valence-electron chi connectivity index (χ2n) is 6.02. The number of carbonyl (C=O) groups is 3. The molecule has 0 atom stereocenters. The quantitative estimate of drug-likeness (QED) is 0.751. The van der Waals surface area contributed by atoms with Crippen LogP contribution in [-0.4, -0.2) is 35.6 Å². The zero-order chi connectivity index (χ0) is 18.7. The summed E-state index contributed by atoms with van der Waals surface area (Å²) < 4.78 is 11.8. The fourth-order valence-corrected chi connectivity index (χ4v) is 3.66. The zero-order valence-electron chi connectivity index (χ0n) is 14.6. The monoisotopic (exact) mass is 376 g/mol. The molecule has 0 bridgehead atoms. The fourth-order valence-electron chi connectivity index (χ4n) is 2.61. The van der Waals surface area contributed by atoms with Gasteiger partial charge in [0.2, 0.25) is 0 Å². The normalized spacial score (nSPS) is 13.3. The Hall–Kier alpha value is -2.61. The molecule has 2 aromatic heterocycles. The van der Waals surface area contributed by atoms with Gasteiger partial charge in [0.15, 0.2) is 6.61 Å². The lowest BCUT2D eigenvalue weighted by Gasteiger charge is -2.09. The van der Waals surface area contributed by atoms with Crippen LogP contribution in [0, 0.1) is 0 Å². The van der Waals surface area contributed by atoms with Gasteiger partial charge in [-0.15, -0.1) is 11.3 Å². The summed E-state index contributed by atoms with van der Waals surface area (Å²) in [5.41, 5.74) is 1.70. The van der Waals surface area contributed by atoms with Crippen molar-refractivity contribution in [3.8, 4) is 0 Å². The molecule has 1 aliphatic rings. The van der Waals surface area contributed by atoms with Gasteiger partial charge in [-0.1, -0.05) is 0 Å². The Morgan fingerprint density at radius 2 is 2.04 bits per heavy atom. The molecule has 138 valence electrons. The summed E-state index contributed by atoms with van der Waals surface area (Å²) in [6.07, 6.45) is 3.78. The van der Waals surface area contributed by atoms with E-state index >= 15 is 0 Å². The number of ether oxygens (including phenoxy) is 2. The van der Waals surface area contributed by atoms with Gasteiger partial charge in [-0.25, -0.2) is 9.59 Å². The molecule has 26 heavy (non-hydrogen) atoms. The highest BCUT2D eigenvalue weighted by Crippen LogP contribution is 2.46. The van der Waals surface area contributed by atoms with Crippen molar-refractivity contribution in [3.05, 3.63) is 40.5 Å². The van der Waals surface area contributed by atoms with E-state index < -0.39 is 24.5 Å².